The average molecular weight is 306 g/mol. The quantitative estimate of drug-likeness (QED) is 0.915. The summed E-state index contributed by atoms with van der Waals surface area (Å²) in [5, 5.41) is 3.51. The summed E-state index contributed by atoms with van der Waals surface area (Å²) in [5.41, 5.74) is 7.48. The molecule has 21 heavy (non-hydrogen) atoms. The Labute approximate surface area is 126 Å². The monoisotopic (exact) mass is 305 g/mol. The summed E-state index contributed by atoms with van der Waals surface area (Å²) in [6, 6.07) is 6.23. The number of nitrogens with zero attached hydrogens (tertiary/aromatic N) is 1. The van der Waals surface area contributed by atoms with E-state index < -0.39 is 5.91 Å². The van der Waals surface area contributed by atoms with Crippen molar-refractivity contribution < 1.29 is 9.18 Å². The summed E-state index contributed by atoms with van der Waals surface area (Å²) in [4.78, 5) is 15.2. The van der Waals surface area contributed by atoms with Gasteiger partial charge in [0.05, 0.1) is 16.6 Å². The minimum Gasteiger partial charge on any atom is -0.366 e. The molecule has 2 aromatic rings. The van der Waals surface area contributed by atoms with E-state index in [1.807, 2.05) is 0 Å². The molecule has 1 aromatic heterocycles. The van der Waals surface area contributed by atoms with Crippen LogP contribution in [0.2, 0.25) is 5.02 Å². The smallest absolute Gasteiger partial charge is 0.250 e. The SMILES string of the molecule is NC(=O)c1cnc(NC2CCc3ccc(F)cc32)c(Cl)c1. The maximum atomic E-state index is 13.4. The van der Waals surface area contributed by atoms with Gasteiger partial charge in [0.25, 0.3) is 0 Å². The van der Waals surface area contributed by atoms with Crippen LogP contribution >= 0.6 is 11.6 Å². The van der Waals surface area contributed by atoms with Crippen molar-refractivity contribution in [3.8, 4) is 0 Å². The van der Waals surface area contributed by atoms with Crippen molar-refractivity contribution in [1.82, 2.24) is 4.98 Å². The number of anilines is 1. The van der Waals surface area contributed by atoms with Crippen LogP contribution in [0.5, 0.6) is 0 Å². The Kier molecular flexibility index (Phi) is 3.51. The zero-order valence-electron chi connectivity index (χ0n) is 11.1. The molecule has 0 radical (unpaired) electrons. The number of halogens is 2. The lowest BCUT2D eigenvalue weighted by Gasteiger charge is -2.16. The predicted octanol–water partition coefficient (Wildman–Crippen LogP) is 3.07. The molecular weight excluding hydrogens is 293 g/mol. The van der Waals surface area contributed by atoms with E-state index in [1.54, 1.807) is 6.07 Å². The highest BCUT2D eigenvalue weighted by Gasteiger charge is 2.24. The molecule has 3 rings (SSSR count). The van der Waals surface area contributed by atoms with Crippen LogP contribution in [0, 0.1) is 5.82 Å². The number of hydrogen-bond acceptors (Lipinski definition) is 3. The number of hydrogen-bond donors (Lipinski definition) is 2. The number of rotatable bonds is 3. The Bertz CT molecular complexity index is 720. The van der Waals surface area contributed by atoms with Crippen LogP contribution < -0.4 is 11.1 Å². The molecule has 0 bridgehead atoms. The van der Waals surface area contributed by atoms with E-state index in [1.165, 1.54) is 24.4 Å². The van der Waals surface area contributed by atoms with Crippen molar-refractivity contribution in [1.29, 1.82) is 0 Å². The van der Waals surface area contributed by atoms with Gasteiger partial charge in [-0.15, -0.1) is 0 Å². The lowest BCUT2D eigenvalue weighted by molar-refractivity contribution is 0.1000. The van der Waals surface area contributed by atoms with Crippen molar-refractivity contribution >= 4 is 23.3 Å². The third-order valence-corrected chi connectivity index (χ3v) is 3.91. The Balaban J connectivity index is 1.86. The molecule has 0 saturated heterocycles. The van der Waals surface area contributed by atoms with E-state index in [0.29, 0.717) is 10.8 Å². The zero-order valence-corrected chi connectivity index (χ0v) is 11.8. The topological polar surface area (TPSA) is 68.0 Å². The lowest BCUT2D eigenvalue weighted by atomic mass is 10.1. The number of aromatic nitrogens is 1. The second kappa shape index (κ2) is 5.33. The van der Waals surface area contributed by atoms with Crippen LogP contribution in [0.1, 0.15) is 33.9 Å². The van der Waals surface area contributed by atoms with Crippen LogP contribution in [0.15, 0.2) is 30.5 Å². The number of pyridine rings is 1. The van der Waals surface area contributed by atoms with Crippen molar-refractivity contribution in [3.63, 3.8) is 0 Å². The first-order valence-corrected chi connectivity index (χ1v) is 6.92. The number of benzene rings is 1. The summed E-state index contributed by atoms with van der Waals surface area (Å²) >= 11 is 6.10. The largest absolute Gasteiger partial charge is 0.366 e. The second-order valence-corrected chi connectivity index (χ2v) is 5.40. The van der Waals surface area contributed by atoms with E-state index in [2.05, 4.69) is 10.3 Å². The van der Waals surface area contributed by atoms with Gasteiger partial charge in [-0.05, 0) is 42.2 Å². The van der Waals surface area contributed by atoms with Gasteiger partial charge >= 0.3 is 0 Å². The molecule has 6 heteroatoms. The van der Waals surface area contributed by atoms with Gasteiger partial charge in [0.2, 0.25) is 5.91 Å². The van der Waals surface area contributed by atoms with E-state index in [0.717, 1.165) is 24.0 Å². The molecule has 0 saturated carbocycles. The van der Waals surface area contributed by atoms with Crippen molar-refractivity contribution in [2.45, 2.75) is 18.9 Å². The van der Waals surface area contributed by atoms with Crippen molar-refractivity contribution in [2.75, 3.05) is 5.32 Å². The molecular formula is C15H13ClFN3O. The van der Waals surface area contributed by atoms with Crippen LogP contribution in [-0.4, -0.2) is 10.9 Å². The average Bonchev–Trinajstić information content (AvgIpc) is 2.83. The van der Waals surface area contributed by atoms with Gasteiger partial charge in [-0.1, -0.05) is 17.7 Å². The van der Waals surface area contributed by atoms with Crippen LogP contribution in [0.3, 0.4) is 0 Å². The van der Waals surface area contributed by atoms with Gasteiger partial charge in [-0.25, -0.2) is 9.37 Å². The first-order chi connectivity index (χ1) is 10.0. The van der Waals surface area contributed by atoms with Gasteiger partial charge in [-0.2, -0.15) is 0 Å². The van der Waals surface area contributed by atoms with Gasteiger partial charge < -0.3 is 11.1 Å². The molecule has 4 nitrogen and oxygen atoms in total. The third-order valence-electron chi connectivity index (χ3n) is 3.62. The first-order valence-electron chi connectivity index (χ1n) is 6.55. The van der Waals surface area contributed by atoms with Gasteiger partial charge in [0.1, 0.15) is 11.6 Å². The Hall–Kier alpha value is -2.14. The fraction of sp³-hybridized carbons (Fsp3) is 0.200. The minimum absolute atomic E-state index is 0.0415. The van der Waals surface area contributed by atoms with Gasteiger partial charge in [-0.3, -0.25) is 4.79 Å². The van der Waals surface area contributed by atoms with E-state index in [9.17, 15) is 9.18 Å². The number of aryl methyl sites for hydroxylation is 1. The van der Waals surface area contributed by atoms with E-state index in [-0.39, 0.29) is 17.4 Å². The summed E-state index contributed by atoms with van der Waals surface area (Å²) in [6.07, 6.45) is 3.09. The summed E-state index contributed by atoms with van der Waals surface area (Å²) in [5.74, 6) is -0.376. The van der Waals surface area contributed by atoms with Crippen LogP contribution in [0.4, 0.5) is 10.2 Å². The first kappa shape index (κ1) is 13.8. The van der Waals surface area contributed by atoms with Crippen molar-refractivity contribution in [3.05, 3.63) is 58.0 Å². The number of carbonyl (C=O) groups is 1. The molecule has 1 amide bonds. The highest BCUT2D eigenvalue weighted by Crippen LogP contribution is 2.35. The van der Waals surface area contributed by atoms with Crippen molar-refractivity contribution in [2.24, 2.45) is 5.73 Å². The summed E-state index contributed by atoms with van der Waals surface area (Å²) in [7, 11) is 0. The molecule has 0 spiro atoms. The second-order valence-electron chi connectivity index (χ2n) is 5.00. The zero-order chi connectivity index (χ0) is 15.0. The van der Waals surface area contributed by atoms with E-state index >= 15 is 0 Å². The maximum Gasteiger partial charge on any atom is 0.250 e. The predicted molar refractivity (Wildman–Crippen MR) is 78.8 cm³/mol. The maximum absolute atomic E-state index is 13.4. The Morgan fingerprint density at radius 1 is 1.43 bits per heavy atom. The standard InChI is InChI=1S/C15H13ClFN3O/c16-12-5-9(14(18)21)7-19-15(12)20-13-4-2-8-1-3-10(17)6-11(8)13/h1,3,5-7,13H,2,4H2,(H2,18,21)(H,19,20). The molecule has 108 valence electrons. The molecule has 1 aromatic carbocycles. The molecule has 0 fully saturated rings. The molecule has 0 aliphatic heterocycles. The van der Waals surface area contributed by atoms with Gasteiger partial charge in [0, 0.05) is 6.20 Å². The Morgan fingerprint density at radius 2 is 2.24 bits per heavy atom. The number of amides is 1. The lowest BCUT2D eigenvalue weighted by Crippen LogP contribution is -2.13. The minimum atomic E-state index is -0.579. The van der Waals surface area contributed by atoms with Gasteiger partial charge in [0.15, 0.2) is 0 Å². The molecule has 1 heterocycles. The number of nitrogens with two attached hydrogens (primary N) is 1. The number of carbonyl (C=O) groups excluding carboxylic acids is 1. The summed E-state index contributed by atoms with van der Waals surface area (Å²) < 4.78 is 13.4. The highest BCUT2D eigenvalue weighted by atomic mass is 35.5. The molecule has 3 N–H and O–H groups in total. The number of nitrogens with one attached hydrogen (secondary N) is 1. The highest BCUT2D eigenvalue weighted by molar-refractivity contribution is 6.33. The third kappa shape index (κ3) is 2.69. The molecule has 1 aliphatic carbocycles. The Morgan fingerprint density at radius 3 is 2.95 bits per heavy atom. The fourth-order valence-corrected chi connectivity index (χ4v) is 2.79. The number of fused-ring (bicyclic) bond motifs is 1. The molecule has 1 unspecified atom stereocenters. The number of primary amides is 1. The van der Waals surface area contributed by atoms with Crippen LogP contribution in [-0.2, 0) is 6.42 Å². The normalized spacial score (nSPS) is 16.6. The molecule has 1 aliphatic rings. The molecule has 1 atom stereocenters. The summed E-state index contributed by atoms with van der Waals surface area (Å²) in [6.45, 7) is 0. The van der Waals surface area contributed by atoms with E-state index in [4.69, 9.17) is 17.3 Å². The van der Waals surface area contributed by atoms with Crippen LogP contribution in [0.25, 0.3) is 0 Å². The fourth-order valence-electron chi connectivity index (χ4n) is 2.57.